The van der Waals surface area contributed by atoms with Crippen molar-refractivity contribution in [1.29, 1.82) is 0 Å². The summed E-state index contributed by atoms with van der Waals surface area (Å²) < 4.78 is 7.30. The van der Waals surface area contributed by atoms with Gasteiger partial charge in [-0.05, 0) is 109 Å². The summed E-state index contributed by atoms with van der Waals surface area (Å²) in [4.78, 5) is 2.35. The van der Waals surface area contributed by atoms with E-state index in [1.165, 1.54) is 66.2 Å². The van der Waals surface area contributed by atoms with Gasteiger partial charge < -0.3 is 9.32 Å². The van der Waals surface area contributed by atoms with Gasteiger partial charge in [0.1, 0.15) is 11.2 Å². The summed E-state index contributed by atoms with van der Waals surface area (Å²) >= 11 is 0. The van der Waals surface area contributed by atoms with Crippen LogP contribution in [0.1, 0.15) is 51.3 Å². The molecule has 0 unspecified atom stereocenters. The monoisotopic (exact) mass is 785 g/mol. The highest BCUT2D eigenvalue weighted by molar-refractivity contribution is 6.21. The molecule has 0 amide bonds. The molecule has 10 aromatic rings. The third-order valence-corrected chi connectivity index (χ3v) is 13.1. The van der Waals surface area contributed by atoms with Crippen LogP contribution < -0.4 is 4.90 Å². The fourth-order valence-electron chi connectivity index (χ4n) is 9.81. The first-order valence-electron chi connectivity index (χ1n) is 21.4. The van der Waals surface area contributed by atoms with Crippen LogP contribution in [0.25, 0.3) is 77.2 Å². The number of furan rings is 1. The quantitative estimate of drug-likeness (QED) is 0.167. The van der Waals surface area contributed by atoms with Gasteiger partial charge in [-0.25, -0.2) is 0 Å². The number of para-hydroxylation sites is 1. The molecule has 11 rings (SSSR count). The van der Waals surface area contributed by atoms with Gasteiger partial charge in [0.25, 0.3) is 0 Å². The molecule has 1 aromatic heterocycles. The number of nitrogens with zero attached hydrogens (tertiary/aromatic N) is 1. The summed E-state index contributed by atoms with van der Waals surface area (Å²) in [6.45, 7) is 11.5. The van der Waals surface area contributed by atoms with Crippen molar-refractivity contribution in [2.75, 3.05) is 4.90 Å². The van der Waals surface area contributed by atoms with Crippen LogP contribution in [0.15, 0.2) is 199 Å². The molecule has 294 valence electrons. The molecular weight excluding hydrogens is 739 g/mol. The average molecular weight is 786 g/mol. The van der Waals surface area contributed by atoms with Crippen LogP contribution in [0.5, 0.6) is 0 Å². The van der Waals surface area contributed by atoms with E-state index in [0.29, 0.717) is 0 Å². The predicted octanol–water partition coefficient (Wildman–Crippen LogP) is 16.8. The Kier molecular flexibility index (Phi) is 8.44. The van der Waals surface area contributed by atoms with Gasteiger partial charge in [0.05, 0.1) is 0 Å². The van der Waals surface area contributed by atoms with Crippen LogP contribution in [0, 0.1) is 0 Å². The molecule has 0 bridgehead atoms. The van der Waals surface area contributed by atoms with E-state index in [-0.39, 0.29) is 10.8 Å². The van der Waals surface area contributed by atoms with Crippen molar-refractivity contribution in [1.82, 2.24) is 0 Å². The normalized spacial score (nSPS) is 13.1. The number of hydrogen-bond donors (Lipinski definition) is 0. The molecule has 2 nitrogen and oxygen atoms in total. The maximum absolute atomic E-state index is 7.30. The molecule has 0 fully saturated rings. The molecule has 0 aliphatic heterocycles. The zero-order chi connectivity index (χ0) is 41.5. The lowest BCUT2D eigenvalue weighted by atomic mass is 9.80. The van der Waals surface area contributed by atoms with Gasteiger partial charge in [0.2, 0.25) is 0 Å². The maximum atomic E-state index is 7.30. The molecule has 1 heterocycles. The first-order chi connectivity index (χ1) is 29.6. The average Bonchev–Trinajstić information content (AvgIpc) is 3.79. The Labute approximate surface area is 358 Å². The summed E-state index contributed by atoms with van der Waals surface area (Å²) in [5.74, 6) is 0. The lowest BCUT2D eigenvalue weighted by Gasteiger charge is -2.27. The second-order valence-electron chi connectivity index (χ2n) is 18.1. The van der Waals surface area contributed by atoms with Crippen molar-refractivity contribution >= 4 is 49.8 Å². The molecule has 9 aromatic carbocycles. The molecule has 0 saturated heterocycles. The molecule has 1 aliphatic carbocycles. The Morgan fingerprint density at radius 3 is 1.69 bits per heavy atom. The first kappa shape index (κ1) is 36.9. The molecule has 0 radical (unpaired) electrons. The smallest absolute Gasteiger partial charge is 0.144 e. The van der Waals surface area contributed by atoms with Crippen molar-refractivity contribution in [2.24, 2.45) is 0 Å². The largest absolute Gasteiger partial charge is 0.455 e. The van der Waals surface area contributed by atoms with E-state index in [1.807, 2.05) is 0 Å². The van der Waals surface area contributed by atoms with E-state index >= 15 is 0 Å². The van der Waals surface area contributed by atoms with Gasteiger partial charge in [0, 0.05) is 44.4 Å². The summed E-state index contributed by atoms with van der Waals surface area (Å²) in [5.41, 5.74) is 18.5. The molecule has 0 saturated carbocycles. The van der Waals surface area contributed by atoms with Crippen LogP contribution in [-0.4, -0.2) is 0 Å². The molecule has 61 heavy (non-hydrogen) atoms. The van der Waals surface area contributed by atoms with Crippen molar-refractivity contribution in [2.45, 2.75) is 45.4 Å². The third-order valence-electron chi connectivity index (χ3n) is 13.1. The van der Waals surface area contributed by atoms with Crippen LogP contribution in [0.3, 0.4) is 0 Å². The number of hydrogen-bond acceptors (Lipinski definition) is 2. The molecule has 0 spiro atoms. The van der Waals surface area contributed by atoms with Crippen LogP contribution in [-0.2, 0) is 10.8 Å². The first-order valence-corrected chi connectivity index (χ1v) is 21.4. The van der Waals surface area contributed by atoms with Gasteiger partial charge in [-0.2, -0.15) is 0 Å². The Hall–Kier alpha value is -7.16. The highest BCUT2D eigenvalue weighted by Crippen LogP contribution is 2.55. The topological polar surface area (TPSA) is 16.4 Å². The zero-order valence-electron chi connectivity index (χ0n) is 35.3. The number of fused-ring (bicyclic) bond motifs is 8. The van der Waals surface area contributed by atoms with Gasteiger partial charge in [0.15, 0.2) is 0 Å². The summed E-state index contributed by atoms with van der Waals surface area (Å²) in [5, 5.41) is 4.77. The Bertz CT molecular complexity index is 3270. The molecule has 0 N–H and O–H groups in total. The van der Waals surface area contributed by atoms with E-state index in [2.05, 4.69) is 234 Å². The molecule has 1 aliphatic rings. The summed E-state index contributed by atoms with van der Waals surface area (Å²) in [7, 11) is 0. The van der Waals surface area contributed by atoms with Crippen molar-refractivity contribution < 1.29 is 4.42 Å². The minimum atomic E-state index is -0.183. The van der Waals surface area contributed by atoms with Crippen molar-refractivity contribution in [3.05, 3.63) is 211 Å². The van der Waals surface area contributed by atoms with E-state index in [1.54, 1.807) is 0 Å². The van der Waals surface area contributed by atoms with Crippen LogP contribution in [0.4, 0.5) is 17.1 Å². The van der Waals surface area contributed by atoms with E-state index in [9.17, 15) is 0 Å². The third kappa shape index (κ3) is 6.00. The fourth-order valence-corrected chi connectivity index (χ4v) is 9.81. The van der Waals surface area contributed by atoms with Gasteiger partial charge in [-0.3, -0.25) is 0 Å². The molecule has 2 heteroatoms. The van der Waals surface area contributed by atoms with Crippen LogP contribution >= 0.6 is 0 Å². The molecule has 0 atom stereocenters. The van der Waals surface area contributed by atoms with Crippen molar-refractivity contribution in [3.8, 4) is 44.5 Å². The highest BCUT2D eigenvalue weighted by Gasteiger charge is 2.39. The SMILES string of the molecule is CC(C)(C)c1ccc(N(c2ccc(-c3ccccc3)cc2)c2ccc(-c3cccc4c3oc3c5c(cc(-c6cccc7ccccc67)c34)C(C)(C)c3ccccc3-5)cc2)cc1. The summed E-state index contributed by atoms with van der Waals surface area (Å²) in [6, 6.07) is 70.9. The second-order valence-corrected chi connectivity index (χ2v) is 18.1. The lowest BCUT2D eigenvalue weighted by Crippen LogP contribution is -2.15. The standard InChI is InChI=1S/C59H47NO/c1-58(2,3)42-29-35-45(36-30-42)60(43-31-25-39(26-32-43)38-15-7-6-8-16-38)44-33-27-41(28-34-44)47-21-14-23-50-54-51(48-22-13-18-40-17-9-10-19-46(40)48)37-53-55(57(54)61-56(47)50)49-20-11-12-24-52(49)59(53,4)5/h6-37H,1-5H3. The Balaban J connectivity index is 1.08. The minimum Gasteiger partial charge on any atom is -0.455 e. The van der Waals surface area contributed by atoms with Gasteiger partial charge in [-0.1, -0.05) is 186 Å². The Morgan fingerprint density at radius 2 is 0.967 bits per heavy atom. The minimum absolute atomic E-state index is 0.0648. The zero-order valence-corrected chi connectivity index (χ0v) is 35.3. The van der Waals surface area contributed by atoms with E-state index < -0.39 is 0 Å². The highest BCUT2D eigenvalue weighted by atomic mass is 16.3. The van der Waals surface area contributed by atoms with Gasteiger partial charge in [-0.15, -0.1) is 0 Å². The Morgan fingerprint density at radius 1 is 0.426 bits per heavy atom. The number of rotatable bonds is 6. The van der Waals surface area contributed by atoms with Crippen molar-refractivity contribution in [3.63, 3.8) is 0 Å². The van der Waals surface area contributed by atoms with E-state index in [4.69, 9.17) is 4.42 Å². The number of benzene rings is 9. The second kappa shape index (κ2) is 14.0. The maximum Gasteiger partial charge on any atom is 0.144 e. The number of anilines is 3. The van der Waals surface area contributed by atoms with E-state index in [0.717, 1.165) is 44.7 Å². The fraction of sp³-hybridized carbons (Fsp3) is 0.119. The van der Waals surface area contributed by atoms with Crippen LogP contribution in [0.2, 0.25) is 0 Å². The van der Waals surface area contributed by atoms with Gasteiger partial charge >= 0.3 is 0 Å². The lowest BCUT2D eigenvalue weighted by molar-refractivity contribution is 0.590. The predicted molar refractivity (Wildman–Crippen MR) is 258 cm³/mol. The summed E-state index contributed by atoms with van der Waals surface area (Å²) in [6.07, 6.45) is 0. The molecular formula is C59H47NO.